The summed E-state index contributed by atoms with van der Waals surface area (Å²) < 4.78 is 33.5. The molecule has 2 aliphatic rings. The first kappa shape index (κ1) is 59.1. The zero-order valence-electron chi connectivity index (χ0n) is 39.6. The standard InChI is InChI=1S/C51H84O15/c1-3-5-7-9-11-13-15-17-19-21-23-25-27-29-31-33-42(53)61-36-39(64-43(54)34-32-30-28-26-24-22-20-18-16-14-12-10-8-6-4-2)37-62-50-49(60)47(58)45(56)41(66-50)38-63-51-48(59)46(57)44(55)40(35-52)65-51/h5-8,11-14,17-20,39-41,44-52,55-60H,3-4,9-10,15-16,21-38H2,1-2H3/b7-5-,8-6-,13-11-,14-12-,19-17-,20-18-/t39?,40-,41-,44-,45-,46-,47+,48-,49-,50+,51-/m1/s1. The first-order valence-corrected chi connectivity index (χ1v) is 24.5. The van der Waals surface area contributed by atoms with Crippen molar-refractivity contribution in [3.05, 3.63) is 72.9 Å². The van der Waals surface area contributed by atoms with E-state index in [9.17, 15) is 45.3 Å². The van der Waals surface area contributed by atoms with Crippen molar-refractivity contribution in [2.45, 2.75) is 210 Å². The fourth-order valence-electron chi connectivity index (χ4n) is 7.18. The van der Waals surface area contributed by atoms with Gasteiger partial charge in [-0.1, -0.05) is 125 Å². The van der Waals surface area contributed by atoms with E-state index in [0.717, 1.165) is 103 Å². The van der Waals surface area contributed by atoms with E-state index < -0.39 is 99.3 Å². The Kier molecular flexibility index (Phi) is 33.9. The second-order valence-corrected chi connectivity index (χ2v) is 16.9. The molecule has 0 aliphatic carbocycles. The number of carbonyl (C=O) groups excluding carboxylic acids is 2. The molecule has 0 spiro atoms. The van der Waals surface area contributed by atoms with Crippen LogP contribution in [0.1, 0.15) is 142 Å². The number of aliphatic hydroxyl groups excluding tert-OH is 7. The molecule has 2 aliphatic heterocycles. The maximum Gasteiger partial charge on any atom is 0.306 e. The van der Waals surface area contributed by atoms with E-state index in [1.807, 2.05) is 0 Å². The maximum atomic E-state index is 13.0. The quantitative estimate of drug-likeness (QED) is 0.0209. The fourth-order valence-corrected chi connectivity index (χ4v) is 7.18. The predicted molar refractivity (Wildman–Crippen MR) is 252 cm³/mol. The SMILES string of the molecule is CC/C=C\C/C=C\C/C=C\CCCCCCCC(=O)OCC(CO[C@H]1O[C@H](CO[C@@H]2O[C@H](CO)[C@@H](O)[C@@H](O)[C@H]2O)[C@@H](O)[C@H](O)[C@H]1O)OC(=O)CCCCCCC/C=C\C/C=C\C/C=C\CC. The summed E-state index contributed by atoms with van der Waals surface area (Å²) in [4.78, 5) is 25.7. The first-order valence-electron chi connectivity index (χ1n) is 24.5. The van der Waals surface area contributed by atoms with E-state index in [0.29, 0.717) is 12.8 Å². The number of hydrogen-bond donors (Lipinski definition) is 7. The summed E-state index contributed by atoms with van der Waals surface area (Å²) in [6.07, 6.45) is 26.5. The first-order chi connectivity index (χ1) is 32.0. The van der Waals surface area contributed by atoms with Crippen LogP contribution in [0.5, 0.6) is 0 Å². The molecule has 0 bridgehead atoms. The van der Waals surface area contributed by atoms with Crippen LogP contribution < -0.4 is 0 Å². The lowest BCUT2D eigenvalue weighted by molar-refractivity contribution is -0.332. The average molecular weight is 937 g/mol. The molecule has 7 N–H and O–H groups in total. The third kappa shape index (κ3) is 25.9. The van der Waals surface area contributed by atoms with Crippen LogP contribution in [0.4, 0.5) is 0 Å². The average Bonchev–Trinajstić information content (AvgIpc) is 3.31. The summed E-state index contributed by atoms with van der Waals surface area (Å²) in [6.45, 7) is 2.30. The van der Waals surface area contributed by atoms with Crippen molar-refractivity contribution in [2.24, 2.45) is 0 Å². The molecular formula is C51H84O15. The number of hydrogen-bond acceptors (Lipinski definition) is 15. The van der Waals surface area contributed by atoms with Gasteiger partial charge in [0.2, 0.25) is 0 Å². The molecule has 0 aromatic carbocycles. The van der Waals surface area contributed by atoms with Crippen molar-refractivity contribution in [3.63, 3.8) is 0 Å². The summed E-state index contributed by atoms with van der Waals surface area (Å²) in [5.74, 6) is -0.973. The summed E-state index contributed by atoms with van der Waals surface area (Å²) in [5.41, 5.74) is 0. The van der Waals surface area contributed by atoms with Crippen molar-refractivity contribution in [1.82, 2.24) is 0 Å². The van der Waals surface area contributed by atoms with Crippen LogP contribution in [0.2, 0.25) is 0 Å². The zero-order valence-corrected chi connectivity index (χ0v) is 39.6. The Morgan fingerprint density at radius 1 is 0.485 bits per heavy atom. The van der Waals surface area contributed by atoms with Crippen LogP contribution in [0.3, 0.4) is 0 Å². The van der Waals surface area contributed by atoms with E-state index in [2.05, 4.69) is 86.8 Å². The molecule has 2 rings (SSSR count). The van der Waals surface area contributed by atoms with Gasteiger partial charge in [0.1, 0.15) is 55.4 Å². The summed E-state index contributed by atoms with van der Waals surface area (Å²) in [6, 6.07) is 0. The molecule has 0 saturated carbocycles. The Bertz CT molecular complexity index is 1430. The fraction of sp³-hybridized carbons (Fsp3) is 0.725. The van der Waals surface area contributed by atoms with Gasteiger partial charge in [-0.05, 0) is 77.0 Å². The number of aliphatic hydroxyl groups is 7. The highest BCUT2D eigenvalue weighted by Crippen LogP contribution is 2.26. The Balaban J connectivity index is 1.84. The second-order valence-electron chi connectivity index (χ2n) is 16.9. The lowest BCUT2D eigenvalue weighted by Crippen LogP contribution is -2.61. The minimum absolute atomic E-state index is 0.138. The van der Waals surface area contributed by atoms with Gasteiger partial charge >= 0.3 is 11.9 Å². The molecule has 0 radical (unpaired) electrons. The predicted octanol–water partition coefficient (Wildman–Crippen LogP) is 6.26. The molecule has 1 unspecified atom stereocenters. The molecule has 0 amide bonds. The highest BCUT2D eigenvalue weighted by atomic mass is 16.7. The van der Waals surface area contributed by atoms with Gasteiger partial charge in [-0.2, -0.15) is 0 Å². The monoisotopic (exact) mass is 937 g/mol. The topological polar surface area (TPSA) is 231 Å². The van der Waals surface area contributed by atoms with E-state index in [4.69, 9.17) is 28.4 Å². The van der Waals surface area contributed by atoms with Gasteiger partial charge in [-0.3, -0.25) is 9.59 Å². The molecule has 378 valence electrons. The highest BCUT2D eigenvalue weighted by molar-refractivity contribution is 5.70. The Morgan fingerprint density at radius 2 is 0.909 bits per heavy atom. The van der Waals surface area contributed by atoms with E-state index in [1.54, 1.807) is 0 Å². The highest BCUT2D eigenvalue weighted by Gasteiger charge is 2.47. The number of carbonyl (C=O) groups is 2. The minimum Gasteiger partial charge on any atom is -0.462 e. The lowest BCUT2D eigenvalue weighted by atomic mass is 9.98. The molecular weight excluding hydrogens is 853 g/mol. The van der Waals surface area contributed by atoms with Crippen LogP contribution >= 0.6 is 0 Å². The molecule has 2 fully saturated rings. The Labute approximate surface area is 393 Å². The van der Waals surface area contributed by atoms with Crippen molar-refractivity contribution in [1.29, 1.82) is 0 Å². The molecule has 2 saturated heterocycles. The number of rotatable bonds is 36. The van der Waals surface area contributed by atoms with Gasteiger partial charge in [-0.15, -0.1) is 0 Å². The normalized spacial score (nSPS) is 26.8. The van der Waals surface area contributed by atoms with Gasteiger partial charge in [0.15, 0.2) is 18.7 Å². The lowest BCUT2D eigenvalue weighted by Gasteiger charge is -2.42. The molecule has 15 nitrogen and oxygen atoms in total. The van der Waals surface area contributed by atoms with Crippen LogP contribution in [-0.4, -0.2) is 142 Å². The summed E-state index contributed by atoms with van der Waals surface area (Å²) in [7, 11) is 0. The third-order valence-corrected chi connectivity index (χ3v) is 11.2. The van der Waals surface area contributed by atoms with Crippen molar-refractivity contribution in [2.75, 3.05) is 26.4 Å². The van der Waals surface area contributed by atoms with Crippen molar-refractivity contribution >= 4 is 11.9 Å². The van der Waals surface area contributed by atoms with Gasteiger partial charge in [-0.25, -0.2) is 0 Å². The van der Waals surface area contributed by atoms with Gasteiger partial charge in [0.25, 0.3) is 0 Å². The number of unbranched alkanes of at least 4 members (excludes halogenated alkanes) is 10. The number of allylic oxidation sites excluding steroid dienone is 12. The van der Waals surface area contributed by atoms with Crippen LogP contribution in [0.25, 0.3) is 0 Å². The molecule has 11 atom stereocenters. The van der Waals surface area contributed by atoms with Crippen LogP contribution in [0, 0.1) is 0 Å². The van der Waals surface area contributed by atoms with Crippen molar-refractivity contribution in [3.8, 4) is 0 Å². The van der Waals surface area contributed by atoms with E-state index in [1.165, 1.54) is 0 Å². The number of esters is 2. The summed E-state index contributed by atoms with van der Waals surface area (Å²) in [5, 5.41) is 72.0. The Morgan fingerprint density at radius 3 is 1.42 bits per heavy atom. The number of ether oxygens (including phenoxy) is 6. The maximum absolute atomic E-state index is 13.0. The van der Waals surface area contributed by atoms with Gasteiger partial charge < -0.3 is 64.2 Å². The van der Waals surface area contributed by atoms with Crippen molar-refractivity contribution < 1.29 is 73.8 Å². The largest absolute Gasteiger partial charge is 0.462 e. The molecule has 0 aromatic heterocycles. The van der Waals surface area contributed by atoms with Crippen LogP contribution in [-0.2, 0) is 38.0 Å². The molecule has 0 aromatic rings. The van der Waals surface area contributed by atoms with Gasteiger partial charge in [0.05, 0.1) is 19.8 Å². The summed E-state index contributed by atoms with van der Waals surface area (Å²) >= 11 is 0. The third-order valence-electron chi connectivity index (χ3n) is 11.2. The molecule has 66 heavy (non-hydrogen) atoms. The van der Waals surface area contributed by atoms with Crippen LogP contribution in [0.15, 0.2) is 72.9 Å². The van der Waals surface area contributed by atoms with Gasteiger partial charge in [0, 0.05) is 12.8 Å². The molecule has 2 heterocycles. The minimum atomic E-state index is -1.77. The zero-order chi connectivity index (χ0) is 48.2. The van der Waals surface area contributed by atoms with E-state index in [-0.39, 0.29) is 19.4 Å². The Hall–Kier alpha value is -3.06. The smallest absolute Gasteiger partial charge is 0.306 e. The second kappa shape index (κ2) is 37.9. The molecule has 15 heteroatoms. The van der Waals surface area contributed by atoms with E-state index >= 15 is 0 Å².